The second kappa shape index (κ2) is 3.89. The molecule has 0 aliphatic heterocycles. The van der Waals surface area contributed by atoms with Gasteiger partial charge in [0.05, 0.1) is 7.11 Å². The molecule has 0 spiro atoms. The number of ether oxygens (including phenoxy) is 1. The maximum atomic E-state index is 4.76. The first-order chi connectivity index (χ1) is 4.20. The van der Waals surface area contributed by atoms with Gasteiger partial charge in [-0.1, -0.05) is 6.58 Å². The standard InChI is InChI=1S/C7H11NO/c1-6(8-3)5-7(2)9-4/h5H,2-3H2,1,4H3/b6-5-. The van der Waals surface area contributed by atoms with Crippen molar-refractivity contribution in [2.75, 3.05) is 7.11 Å². The number of aliphatic imine (C=N–C) groups is 1. The molecule has 0 heterocycles. The van der Waals surface area contributed by atoms with Crippen molar-refractivity contribution in [2.24, 2.45) is 4.99 Å². The van der Waals surface area contributed by atoms with Crippen molar-refractivity contribution in [3.63, 3.8) is 0 Å². The first-order valence-corrected chi connectivity index (χ1v) is 2.58. The van der Waals surface area contributed by atoms with Crippen molar-refractivity contribution >= 4 is 6.72 Å². The maximum absolute atomic E-state index is 4.76. The second-order valence-corrected chi connectivity index (χ2v) is 1.61. The van der Waals surface area contributed by atoms with Crippen molar-refractivity contribution < 1.29 is 4.74 Å². The van der Waals surface area contributed by atoms with E-state index in [9.17, 15) is 0 Å². The summed E-state index contributed by atoms with van der Waals surface area (Å²) >= 11 is 0. The number of rotatable bonds is 3. The number of methoxy groups -OCH3 is 1. The Balaban J connectivity index is 3.94. The minimum absolute atomic E-state index is 0.597. The lowest BCUT2D eigenvalue weighted by Gasteiger charge is -1.95. The molecule has 0 fully saturated rings. The fraction of sp³-hybridized carbons (Fsp3) is 0.286. The number of allylic oxidation sites excluding steroid dienone is 2. The second-order valence-electron chi connectivity index (χ2n) is 1.61. The van der Waals surface area contributed by atoms with E-state index in [0.29, 0.717) is 5.76 Å². The predicted octanol–water partition coefficient (Wildman–Crippen LogP) is 1.75. The van der Waals surface area contributed by atoms with Crippen molar-refractivity contribution in [2.45, 2.75) is 6.92 Å². The van der Waals surface area contributed by atoms with Crippen LogP contribution in [0.1, 0.15) is 6.92 Å². The number of hydrogen-bond donors (Lipinski definition) is 0. The summed E-state index contributed by atoms with van der Waals surface area (Å²) in [6.07, 6.45) is 1.72. The SMILES string of the molecule is C=N/C(C)=C\C(=C)OC. The Morgan fingerprint density at radius 3 is 2.56 bits per heavy atom. The summed E-state index contributed by atoms with van der Waals surface area (Å²) in [6, 6.07) is 0. The molecule has 2 nitrogen and oxygen atoms in total. The molecule has 2 heteroatoms. The molecule has 0 aromatic heterocycles. The zero-order valence-corrected chi connectivity index (χ0v) is 5.85. The van der Waals surface area contributed by atoms with E-state index in [2.05, 4.69) is 18.3 Å². The van der Waals surface area contributed by atoms with E-state index in [1.165, 1.54) is 0 Å². The van der Waals surface area contributed by atoms with E-state index in [1.54, 1.807) is 13.2 Å². The van der Waals surface area contributed by atoms with Crippen LogP contribution >= 0.6 is 0 Å². The van der Waals surface area contributed by atoms with E-state index in [1.807, 2.05) is 6.92 Å². The topological polar surface area (TPSA) is 21.6 Å². The molecule has 0 bridgehead atoms. The van der Waals surface area contributed by atoms with Crippen LogP contribution in [0.25, 0.3) is 0 Å². The number of nitrogens with zero attached hydrogens (tertiary/aromatic N) is 1. The molecule has 0 aromatic carbocycles. The van der Waals surface area contributed by atoms with E-state index in [4.69, 9.17) is 4.74 Å². The summed E-state index contributed by atoms with van der Waals surface area (Å²) in [4.78, 5) is 3.65. The molecule has 50 valence electrons. The van der Waals surface area contributed by atoms with Crippen LogP contribution in [0.2, 0.25) is 0 Å². The lowest BCUT2D eigenvalue weighted by molar-refractivity contribution is 0.308. The third-order valence-corrected chi connectivity index (χ3v) is 0.881. The third-order valence-electron chi connectivity index (χ3n) is 0.881. The summed E-state index contributed by atoms with van der Waals surface area (Å²) in [7, 11) is 1.56. The monoisotopic (exact) mass is 125 g/mol. The van der Waals surface area contributed by atoms with Crippen molar-refractivity contribution in [3.8, 4) is 0 Å². The smallest absolute Gasteiger partial charge is 0.113 e. The van der Waals surface area contributed by atoms with Gasteiger partial charge in [0.25, 0.3) is 0 Å². The molecular formula is C7H11NO. The van der Waals surface area contributed by atoms with Gasteiger partial charge in [-0.2, -0.15) is 0 Å². The Morgan fingerprint density at radius 1 is 1.67 bits per heavy atom. The molecule has 0 unspecified atom stereocenters. The molecule has 0 saturated carbocycles. The Bertz CT molecular complexity index is 147. The van der Waals surface area contributed by atoms with Crippen molar-refractivity contribution in [1.82, 2.24) is 0 Å². The summed E-state index contributed by atoms with van der Waals surface area (Å²) in [5.74, 6) is 0.597. The van der Waals surface area contributed by atoms with Gasteiger partial charge >= 0.3 is 0 Å². The van der Waals surface area contributed by atoms with Crippen LogP contribution in [-0.4, -0.2) is 13.8 Å². The van der Waals surface area contributed by atoms with Gasteiger partial charge in [0.2, 0.25) is 0 Å². The fourth-order valence-electron chi connectivity index (χ4n) is 0.338. The maximum Gasteiger partial charge on any atom is 0.113 e. The highest BCUT2D eigenvalue weighted by atomic mass is 16.5. The molecule has 0 radical (unpaired) electrons. The highest BCUT2D eigenvalue weighted by Crippen LogP contribution is 1.99. The van der Waals surface area contributed by atoms with E-state index in [-0.39, 0.29) is 0 Å². The van der Waals surface area contributed by atoms with Crippen LogP contribution in [0, 0.1) is 0 Å². The largest absolute Gasteiger partial charge is 0.497 e. The summed E-state index contributed by atoms with van der Waals surface area (Å²) in [5, 5.41) is 0. The van der Waals surface area contributed by atoms with Crippen LogP contribution in [0.15, 0.2) is 29.1 Å². The molecule has 0 aliphatic carbocycles. The molecule has 0 saturated heterocycles. The quantitative estimate of drug-likeness (QED) is 0.320. The van der Waals surface area contributed by atoms with E-state index >= 15 is 0 Å². The summed E-state index contributed by atoms with van der Waals surface area (Å²) in [5.41, 5.74) is 0.807. The first kappa shape index (κ1) is 7.95. The Labute approximate surface area is 55.6 Å². The van der Waals surface area contributed by atoms with Crippen LogP contribution in [0.3, 0.4) is 0 Å². The Hall–Kier alpha value is -1.05. The summed E-state index contributed by atoms with van der Waals surface area (Å²) in [6.45, 7) is 8.74. The van der Waals surface area contributed by atoms with Gasteiger partial charge in [-0.15, -0.1) is 0 Å². The Kier molecular flexibility index (Phi) is 3.44. The van der Waals surface area contributed by atoms with Gasteiger partial charge in [0, 0.05) is 11.8 Å². The predicted molar refractivity (Wildman–Crippen MR) is 39.5 cm³/mol. The van der Waals surface area contributed by atoms with Gasteiger partial charge in [-0.05, 0) is 13.6 Å². The van der Waals surface area contributed by atoms with E-state index < -0.39 is 0 Å². The van der Waals surface area contributed by atoms with Gasteiger partial charge in [0.15, 0.2) is 0 Å². The highest BCUT2D eigenvalue weighted by molar-refractivity contribution is 5.29. The van der Waals surface area contributed by atoms with Gasteiger partial charge in [0.1, 0.15) is 5.76 Å². The van der Waals surface area contributed by atoms with Crippen molar-refractivity contribution in [3.05, 3.63) is 24.1 Å². The van der Waals surface area contributed by atoms with Crippen LogP contribution in [-0.2, 0) is 4.74 Å². The van der Waals surface area contributed by atoms with E-state index in [0.717, 1.165) is 5.70 Å². The van der Waals surface area contributed by atoms with Crippen LogP contribution in [0.5, 0.6) is 0 Å². The Morgan fingerprint density at radius 2 is 2.22 bits per heavy atom. The minimum atomic E-state index is 0.597. The highest BCUT2D eigenvalue weighted by Gasteiger charge is 1.84. The normalized spacial score (nSPS) is 10.7. The molecular weight excluding hydrogens is 114 g/mol. The lowest BCUT2D eigenvalue weighted by Crippen LogP contribution is -1.78. The number of hydrogen-bond acceptors (Lipinski definition) is 2. The average Bonchev–Trinajstić information content (AvgIpc) is 1.87. The molecule has 0 atom stereocenters. The molecule has 0 amide bonds. The average molecular weight is 125 g/mol. The molecule has 0 rings (SSSR count). The van der Waals surface area contributed by atoms with Gasteiger partial charge in [-0.25, -0.2) is 0 Å². The minimum Gasteiger partial charge on any atom is -0.497 e. The lowest BCUT2D eigenvalue weighted by atomic mass is 10.4. The summed E-state index contributed by atoms with van der Waals surface area (Å²) < 4.78 is 4.76. The third kappa shape index (κ3) is 3.53. The molecule has 0 aliphatic rings. The molecule has 9 heavy (non-hydrogen) atoms. The van der Waals surface area contributed by atoms with Crippen LogP contribution in [0.4, 0.5) is 0 Å². The zero-order valence-electron chi connectivity index (χ0n) is 5.85. The molecule has 0 N–H and O–H groups in total. The fourth-order valence-corrected chi connectivity index (χ4v) is 0.338. The van der Waals surface area contributed by atoms with Gasteiger partial charge < -0.3 is 4.74 Å². The van der Waals surface area contributed by atoms with Gasteiger partial charge in [-0.3, -0.25) is 4.99 Å². The van der Waals surface area contributed by atoms with Crippen LogP contribution < -0.4 is 0 Å². The molecule has 0 aromatic rings. The van der Waals surface area contributed by atoms with Crippen molar-refractivity contribution in [1.29, 1.82) is 0 Å². The zero-order chi connectivity index (χ0) is 7.28. The first-order valence-electron chi connectivity index (χ1n) is 2.58.